The fourth-order valence-electron chi connectivity index (χ4n) is 3.03. The highest BCUT2D eigenvalue weighted by Gasteiger charge is 2.31. The van der Waals surface area contributed by atoms with Crippen molar-refractivity contribution in [1.82, 2.24) is 14.9 Å². The Morgan fingerprint density at radius 1 is 1.27 bits per heavy atom. The summed E-state index contributed by atoms with van der Waals surface area (Å²) < 4.78 is 32.3. The van der Waals surface area contributed by atoms with E-state index in [-0.39, 0.29) is 16.8 Å². The van der Waals surface area contributed by atoms with E-state index < -0.39 is 10.0 Å². The van der Waals surface area contributed by atoms with E-state index >= 15 is 0 Å². The molecule has 0 aliphatic carbocycles. The summed E-state index contributed by atoms with van der Waals surface area (Å²) in [6.07, 6.45) is 2.79. The summed E-state index contributed by atoms with van der Waals surface area (Å²) in [5.74, 6) is -0.276. The normalized spacial score (nSPS) is 18.6. The van der Waals surface area contributed by atoms with Gasteiger partial charge in [-0.05, 0) is 38.0 Å². The molecule has 0 aromatic heterocycles. The number of methoxy groups -OCH3 is 1. The number of nitrogens with zero attached hydrogens (tertiary/aromatic N) is 1. The van der Waals surface area contributed by atoms with Gasteiger partial charge in [0.2, 0.25) is 10.0 Å². The number of sulfonamides is 1. The van der Waals surface area contributed by atoms with Crippen molar-refractivity contribution in [3.8, 4) is 0 Å². The van der Waals surface area contributed by atoms with E-state index in [1.807, 2.05) is 6.92 Å². The quantitative estimate of drug-likeness (QED) is 0.626. The largest absolute Gasteiger partial charge is 0.383 e. The molecule has 1 heterocycles. The molecule has 1 aromatic carbocycles. The van der Waals surface area contributed by atoms with Crippen molar-refractivity contribution in [2.45, 2.75) is 37.1 Å². The number of hydrogen-bond acceptors (Lipinski definition) is 5. The molecule has 1 unspecified atom stereocenters. The van der Waals surface area contributed by atoms with Gasteiger partial charge in [-0.2, -0.15) is 4.31 Å². The third-order valence-electron chi connectivity index (χ3n) is 4.52. The molecule has 0 bridgehead atoms. The molecule has 1 aromatic rings. The molecule has 2 N–H and O–H groups in total. The fourth-order valence-corrected chi connectivity index (χ4v) is 4.77. The van der Waals surface area contributed by atoms with Gasteiger partial charge < -0.3 is 15.4 Å². The molecule has 1 amide bonds. The molecular weight excluding hydrogens is 354 g/mol. The van der Waals surface area contributed by atoms with E-state index in [1.54, 1.807) is 29.6 Å². The number of nitrogens with one attached hydrogen (secondary N) is 2. The number of carbonyl (C=O) groups is 1. The predicted molar refractivity (Wildman–Crippen MR) is 101 cm³/mol. The lowest BCUT2D eigenvalue weighted by Crippen LogP contribution is -2.42. The van der Waals surface area contributed by atoms with Crippen molar-refractivity contribution < 1.29 is 17.9 Å². The van der Waals surface area contributed by atoms with Crippen LogP contribution in [0.1, 0.15) is 36.5 Å². The molecule has 1 aliphatic rings. The van der Waals surface area contributed by atoms with Crippen LogP contribution in [-0.4, -0.2) is 64.6 Å². The van der Waals surface area contributed by atoms with Crippen molar-refractivity contribution in [1.29, 1.82) is 0 Å². The SMILES string of the molecule is COCCNCCNC(=O)c1cccc(S(=O)(=O)N2CCCCC2C)c1. The first-order chi connectivity index (χ1) is 12.5. The molecule has 26 heavy (non-hydrogen) atoms. The van der Waals surface area contributed by atoms with Crippen LogP contribution in [0.5, 0.6) is 0 Å². The van der Waals surface area contributed by atoms with Gasteiger partial charge in [0, 0.05) is 44.9 Å². The third-order valence-corrected chi connectivity index (χ3v) is 6.52. The number of ether oxygens (including phenoxy) is 1. The molecule has 0 radical (unpaired) electrons. The zero-order chi connectivity index (χ0) is 19.0. The Kier molecular flexibility index (Phi) is 8.02. The lowest BCUT2D eigenvalue weighted by Gasteiger charge is -2.32. The highest BCUT2D eigenvalue weighted by Crippen LogP contribution is 2.25. The maximum atomic E-state index is 12.9. The Balaban J connectivity index is 1.99. The molecule has 1 fully saturated rings. The predicted octanol–water partition coefficient (Wildman–Crippen LogP) is 1.22. The first kappa shape index (κ1) is 20.8. The minimum atomic E-state index is -3.58. The maximum absolute atomic E-state index is 12.9. The van der Waals surface area contributed by atoms with Crippen LogP contribution in [0.25, 0.3) is 0 Å². The molecule has 2 rings (SSSR count). The molecule has 1 aliphatic heterocycles. The second-order valence-electron chi connectivity index (χ2n) is 6.49. The van der Waals surface area contributed by atoms with Gasteiger partial charge in [-0.15, -0.1) is 0 Å². The van der Waals surface area contributed by atoms with Crippen molar-refractivity contribution in [3.05, 3.63) is 29.8 Å². The van der Waals surface area contributed by atoms with Crippen LogP contribution in [0.4, 0.5) is 0 Å². The monoisotopic (exact) mass is 383 g/mol. The first-order valence-corrected chi connectivity index (χ1v) is 10.5. The second-order valence-corrected chi connectivity index (χ2v) is 8.38. The number of amides is 1. The van der Waals surface area contributed by atoms with Crippen molar-refractivity contribution in [3.63, 3.8) is 0 Å². The molecule has 146 valence electrons. The Hall–Kier alpha value is -1.48. The van der Waals surface area contributed by atoms with Crippen molar-refractivity contribution in [2.75, 3.05) is 39.9 Å². The Morgan fingerprint density at radius 2 is 2.08 bits per heavy atom. The van der Waals surface area contributed by atoms with Gasteiger partial charge >= 0.3 is 0 Å². The first-order valence-electron chi connectivity index (χ1n) is 9.06. The van der Waals surface area contributed by atoms with Crippen molar-refractivity contribution in [2.24, 2.45) is 0 Å². The van der Waals surface area contributed by atoms with Crippen molar-refractivity contribution >= 4 is 15.9 Å². The summed E-state index contributed by atoms with van der Waals surface area (Å²) >= 11 is 0. The van der Waals surface area contributed by atoms with Gasteiger partial charge in [-0.1, -0.05) is 12.5 Å². The minimum Gasteiger partial charge on any atom is -0.383 e. The van der Waals surface area contributed by atoms with Gasteiger partial charge in [0.15, 0.2) is 0 Å². The molecule has 1 atom stereocenters. The Morgan fingerprint density at radius 3 is 2.81 bits per heavy atom. The number of piperidine rings is 1. The maximum Gasteiger partial charge on any atom is 0.251 e. The van der Waals surface area contributed by atoms with Crippen LogP contribution >= 0.6 is 0 Å². The van der Waals surface area contributed by atoms with Gasteiger partial charge in [0.05, 0.1) is 11.5 Å². The summed E-state index contributed by atoms with van der Waals surface area (Å²) in [4.78, 5) is 12.5. The smallest absolute Gasteiger partial charge is 0.251 e. The van der Waals surface area contributed by atoms with E-state index in [9.17, 15) is 13.2 Å². The summed E-state index contributed by atoms with van der Waals surface area (Å²) in [5.41, 5.74) is 0.354. The average Bonchev–Trinajstić information content (AvgIpc) is 2.64. The van der Waals surface area contributed by atoms with Gasteiger partial charge in [-0.3, -0.25) is 4.79 Å². The summed E-state index contributed by atoms with van der Waals surface area (Å²) in [6, 6.07) is 6.26. The lowest BCUT2D eigenvalue weighted by atomic mass is 10.1. The fraction of sp³-hybridized carbons (Fsp3) is 0.611. The average molecular weight is 384 g/mol. The standard InChI is InChI=1S/C18H29N3O4S/c1-15-6-3-4-12-21(15)26(23,24)17-8-5-7-16(14-17)18(22)20-10-9-19-11-13-25-2/h5,7-8,14-15,19H,3-4,6,9-13H2,1-2H3,(H,20,22). The van der Waals surface area contributed by atoms with Crippen LogP contribution in [0, 0.1) is 0 Å². The molecule has 7 nitrogen and oxygen atoms in total. The molecular formula is C18H29N3O4S. The van der Waals surface area contributed by atoms with Crippen LogP contribution in [0.3, 0.4) is 0 Å². The molecule has 0 spiro atoms. The minimum absolute atomic E-state index is 0.00981. The van der Waals surface area contributed by atoms with Gasteiger partial charge in [-0.25, -0.2) is 8.42 Å². The highest BCUT2D eigenvalue weighted by molar-refractivity contribution is 7.89. The Bertz CT molecular complexity index is 693. The van der Waals surface area contributed by atoms with Crippen LogP contribution < -0.4 is 10.6 Å². The summed E-state index contributed by atoms with van der Waals surface area (Å²) in [6.45, 7) is 4.88. The van der Waals surface area contributed by atoms with E-state index in [2.05, 4.69) is 10.6 Å². The topological polar surface area (TPSA) is 87.7 Å². The van der Waals surface area contributed by atoms with E-state index in [0.29, 0.717) is 38.3 Å². The third kappa shape index (κ3) is 5.51. The molecule has 0 saturated carbocycles. The van der Waals surface area contributed by atoms with Gasteiger partial charge in [0.1, 0.15) is 0 Å². The van der Waals surface area contributed by atoms with Gasteiger partial charge in [0.25, 0.3) is 5.91 Å². The lowest BCUT2D eigenvalue weighted by molar-refractivity contribution is 0.0953. The number of rotatable bonds is 9. The Labute approximate surface area is 156 Å². The molecule has 8 heteroatoms. The van der Waals surface area contributed by atoms with Crippen LogP contribution in [-0.2, 0) is 14.8 Å². The molecule has 1 saturated heterocycles. The summed E-state index contributed by atoms with van der Waals surface area (Å²) in [7, 11) is -1.94. The number of carbonyl (C=O) groups excluding carboxylic acids is 1. The summed E-state index contributed by atoms with van der Waals surface area (Å²) in [5, 5.41) is 5.93. The highest BCUT2D eigenvalue weighted by atomic mass is 32.2. The van der Waals surface area contributed by atoms with E-state index in [4.69, 9.17) is 4.74 Å². The van der Waals surface area contributed by atoms with Crippen LogP contribution in [0.2, 0.25) is 0 Å². The van der Waals surface area contributed by atoms with E-state index in [0.717, 1.165) is 19.3 Å². The zero-order valence-corrected chi connectivity index (χ0v) is 16.3. The number of hydrogen-bond donors (Lipinski definition) is 2. The van der Waals surface area contributed by atoms with E-state index in [1.165, 1.54) is 6.07 Å². The zero-order valence-electron chi connectivity index (χ0n) is 15.5. The number of benzene rings is 1. The second kappa shape index (κ2) is 10.0. The van der Waals surface area contributed by atoms with Crippen LogP contribution in [0.15, 0.2) is 29.2 Å².